The van der Waals surface area contributed by atoms with Gasteiger partial charge in [-0.1, -0.05) is 35.9 Å². The first-order valence-corrected chi connectivity index (χ1v) is 8.16. The Balaban J connectivity index is 1.65. The first-order chi connectivity index (χ1) is 11.5. The van der Waals surface area contributed by atoms with Gasteiger partial charge in [0.2, 0.25) is 11.8 Å². The predicted octanol–water partition coefficient (Wildman–Crippen LogP) is 3.03. The molecule has 3 rings (SSSR count). The number of benzene rings is 1. The van der Waals surface area contributed by atoms with Gasteiger partial charge in [-0.2, -0.15) is 0 Å². The molecule has 1 aliphatic rings. The quantitative estimate of drug-likeness (QED) is 0.928. The van der Waals surface area contributed by atoms with Crippen LogP contribution in [-0.2, 0) is 16.1 Å². The normalized spacial score (nSPS) is 17.2. The smallest absolute Gasteiger partial charge is 0.230 e. The Morgan fingerprint density at radius 3 is 2.88 bits per heavy atom. The molecule has 1 aromatic heterocycles. The minimum atomic E-state index is -0.374. The lowest BCUT2D eigenvalue weighted by molar-refractivity contribution is -0.128. The van der Waals surface area contributed by atoms with Crippen molar-refractivity contribution in [3.8, 4) is 0 Å². The van der Waals surface area contributed by atoms with E-state index >= 15 is 0 Å². The van der Waals surface area contributed by atoms with E-state index in [1.807, 2.05) is 37.3 Å². The summed E-state index contributed by atoms with van der Waals surface area (Å²) in [5.41, 5.74) is 1.78. The fraction of sp³-hybridized carbons (Fsp3) is 0.278. The van der Waals surface area contributed by atoms with E-state index in [0.717, 1.165) is 11.1 Å². The van der Waals surface area contributed by atoms with Gasteiger partial charge in [-0.15, -0.1) is 0 Å². The molecule has 1 atom stereocenters. The SMILES string of the molecule is Cc1cccnc1NC(=O)C1CC(=O)N(Cc2ccccc2Cl)C1. The number of amides is 2. The summed E-state index contributed by atoms with van der Waals surface area (Å²) in [5, 5.41) is 3.44. The van der Waals surface area contributed by atoms with Gasteiger partial charge in [0.1, 0.15) is 5.82 Å². The first-order valence-electron chi connectivity index (χ1n) is 7.78. The van der Waals surface area contributed by atoms with Gasteiger partial charge < -0.3 is 10.2 Å². The van der Waals surface area contributed by atoms with Crippen LogP contribution in [-0.4, -0.2) is 28.2 Å². The molecule has 0 saturated carbocycles. The molecule has 0 radical (unpaired) electrons. The average molecular weight is 344 g/mol. The Hall–Kier alpha value is -2.40. The number of aryl methyl sites for hydroxylation is 1. The van der Waals surface area contributed by atoms with E-state index in [1.54, 1.807) is 17.2 Å². The van der Waals surface area contributed by atoms with Crippen molar-refractivity contribution in [1.82, 2.24) is 9.88 Å². The largest absolute Gasteiger partial charge is 0.337 e. The second kappa shape index (κ2) is 7.01. The van der Waals surface area contributed by atoms with Crippen LogP contribution >= 0.6 is 11.6 Å². The van der Waals surface area contributed by atoms with E-state index in [0.29, 0.717) is 23.9 Å². The topological polar surface area (TPSA) is 62.3 Å². The number of nitrogens with one attached hydrogen (secondary N) is 1. The van der Waals surface area contributed by atoms with Gasteiger partial charge in [-0.25, -0.2) is 4.98 Å². The molecule has 24 heavy (non-hydrogen) atoms. The molecule has 2 aromatic rings. The van der Waals surface area contributed by atoms with E-state index in [1.165, 1.54) is 0 Å². The number of nitrogens with zero attached hydrogens (tertiary/aromatic N) is 2. The molecule has 1 aliphatic heterocycles. The van der Waals surface area contributed by atoms with Crippen molar-refractivity contribution in [1.29, 1.82) is 0 Å². The number of anilines is 1. The highest BCUT2D eigenvalue weighted by Gasteiger charge is 2.34. The van der Waals surface area contributed by atoms with Crippen LogP contribution < -0.4 is 5.32 Å². The van der Waals surface area contributed by atoms with Gasteiger partial charge in [0.15, 0.2) is 0 Å². The first kappa shape index (κ1) is 16.5. The summed E-state index contributed by atoms with van der Waals surface area (Å²) < 4.78 is 0. The molecule has 5 nitrogen and oxygen atoms in total. The fourth-order valence-corrected chi connectivity index (χ4v) is 2.96. The number of pyridine rings is 1. The van der Waals surface area contributed by atoms with Crippen LogP contribution in [0.15, 0.2) is 42.6 Å². The maximum atomic E-state index is 12.4. The molecular formula is C18H18ClN3O2. The summed E-state index contributed by atoms with van der Waals surface area (Å²) >= 11 is 6.15. The number of carbonyl (C=O) groups is 2. The highest BCUT2D eigenvalue weighted by molar-refractivity contribution is 6.31. The molecule has 124 valence electrons. The average Bonchev–Trinajstić information content (AvgIpc) is 2.93. The summed E-state index contributed by atoms with van der Waals surface area (Å²) in [6, 6.07) is 11.1. The third kappa shape index (κ3) is 3.57. The number of likely N-dealkylation sites (tertiary alicyclic amines) is 1. The summed E-state index contributed by atoms with van der Waals surface area (Å²) in [5.74, 6) is -0.0412. The van der Waals surface area contributed by atoms with Gasteiger partial charge in [-0.3, -0.25) is 9.59 Å². The van der Waals surface area contributed by atoms with Crippen LogP contribution in [0.25, 0.3) is 0 Å². The summed E-state index contributed by atoms with van der Waals surface area (Å²) in [4.78, 5) is 30.5. The molecule has 0 aliphatic carbocycles. The van der Waals surface area contributed by atoms with Crippen molar-refractivity contribution in [2.24, 2.45) is 5.92 Å². The van der Waals surface area contributed by atoms with Crippen molar-refractivity contribution < 1.29 is 9.59 Å². The van der Waals surface area contributed by atoms with Gasteiger partial charge >= 0.3 is 0 Å². The van der Waals surface area contributed by atoms with Crippen molar-refractivity contribution in [3.05, 3.63) is 58.7 Å². The number of rotatable bonds is 4. The van der Waals surface area contributed by atoms with Crippen LogP contribution in [0.5, 0.6) is 0 Å². The van der Waals surface area contributed by atoms with Crippen molar-refractivity contribution >= 4 is 29.2 Å². The van der Waals surface area contributed by atoms with E-state index < -0.39 is 0 Å². The van der Waals surface area contributed by atoms with E-state index in [9.17, 15) is 9.59 Å². The molecule has 2 heterocycles. The molecule has 0 bridgehead atoms. The lowest BCUT2D eigenvalue weighted by Crippen LogP contribution is -2.28. The van der Waals surface area contributed by atoms with Crippen LogP contribution in [0.4, 0.5) is 5.82 Å². The zero-order valence-corrected chi connectivity index (χ0v) is 14.1. The van der Waals surface area contributed by atoms with Crippen molar-refractivity contribution in [2.75, 3.05) is 11.9 Å². The molecular weight excluding hydrogens is 326 g/mol. The molecule has 1 saturated heterocycles. The molecule has 1 fully saturated rings. The summed E-state index contributed by atoms with van der Waals surface area (Å²) in [6.07, 6.45) is 1.84. The zero-order valence-electron chi connectivity index (χ0n) is 13.3. The molecule has 6 heteroatoms. The second-order valence-corrected chi connectivity index (χ2v) is 6.33. The molecule has 1 aromatic carbocycles. The van der Waals surface area contributed by atoms with E-state index in [2.05, 4.69) is 10.3 Å². The van der Waals surface area contributed by atoms with Crippen molar-refractivity contribution in [2.45, 2.75) is 19.9 Å². The number of aromatic nitrogens is 1. The molecule has 0 spiro atoms. The standard InChI is InChI=1S/C18H18ClN3O2/c1-12-5-4-8-20-17(12)21-18(24)14-9-16(23)22(11-14)10-13-6-2-3-7-15(13)19/h2-8,14H,9-11H2,1H3,(H,20,21,24). The van der Waals surface area contributed by atoms with Crippen molar-refractivity contribution in [3.63, 3.8) is 0 Å². The maximum absolute atomic E-state index is 12.4. The van der Waals surface area contributed by atoms with E-state index in [4.69, 9.17) is 11.6 Å². The van der Waals surface area contributed by atoms with Crippen LogP contribution in [0.3, 0.4) is 0 Å². The van der Waals surface area contributed by atoms with Gasteiger partial charge in [0, 0.05) is 30.7 Å². The molecule has 1 unspecified atom stereocenters. The van der Waals surface area contributed by atoms with Gasteiger partial charge in [0.05, 0.1) is 5.92 Å². The summed E-state index contributed by atoms with van der Waals surface area (Å²) in [7, 11) is 0. The van der Waals surface area contributed by atoms with Gasteiger partial charge in [-0.05, 0) is 30.2 Å². The number of carbonyl (C=O) groups excluding carboxylic acids is 2. The third-order valence-electron chi connectivity index (χ3n) is 4.16. The van der Waals surface area contributed by atoms with Crippen LogP contribution in [0.1, 0.15) is 17.5 Å². The minimum Gasteiger partial charge on any atom is -0.337 e. The number of hydrogen-bond donors (Lipinski definition) is 1. The summed E-state index contributed by atoms with van der Waals surface area (Å²) in [6.45, 7) is 2.69. The lowest BCUT2D eigenvalue weighted by atomic mass is 10.1. The Morgan fingerprint density at radius 2 is 2.12 bits per heavy atom. The minimum absolute atomic E-state index is 0.0344. The van der Waals surface area contributed by atoms with Crippen LogP contribution in [0.2, 0.25) is 5.02 Å². The monoisotopic (exact) mass is 343 g/mol. The van der Waals surface area contributed by atoms with Crippen LogP contribution in [0, 0.1) is 12.8 Å². The lowest BCUT2D eigenvalue weighted by Gasteiger charge is -2.17. The highest BCUT2D eigenvalue weighted by Crippen LogP contribution is 2.24. The highest BCUT2D eigenvalue weighted by atomic mass is 35.5. The Morgan fingerprint density at radius 1 is 1.33 bits per heavy atom. The third-order valence-corrected chi connectivity index (χ3v) is 4.52. The molecule has 2 amide bonds. The predicted molar refractivity (Wildman–Crippen MR) is 92.6 cm³/mol. The fourth-order valence-electron chi connectivity index (χ4n) is 2.77. The maximum Gasteiger partial charge on any atom is 0.230 e. The number of halogens is 1. The zero-order chi connectivity index (χ0) is 17.1. The van der Waals surface area contributed by atoms with Gasteiger partial charge in [0.25, 0.3) is 0 Å². The Kier molecular flexibility index (Phi) is 4.81. The Labute approximate surface area is 145 Å². The second-order valence-electron chi connectivity index (χ2n) is 5.92. The number of hydrogen-bond acceptors (Lipinski definition) is 3. The Bertz CT molecular complexity index is 778. The molecule has 1 N–H and O–H groups in total. The van der Waals surface area contributed by atoms with E-state index in [-0.39, 0.29) is 24.2 Å².